The summed E-state index contributed by atoms with van der Waals surface area (Å²) >= 11 is 1.67. The van der Waals surface area contributed by atoms with Crippen LogP contribution in [0.25, 0.3) is 0 Å². The Hall–Kier alpha value is 0.254. The number of carboxylic acid groups (broad SMARTS) is 1. The first-order valence-electron chi connectivity index (χ1n) is 4.88. The fourth-order valence-electron chi connectivity index (χ4n) is 1.95. The number of hydrogen-bond donors (Lipinski definition) is 1. The molecule has 0 unspecified atom stereocenters. The topological polar surface area (TPSA) is 37.3 Å². The van der Waals surface area contributed by atoms with E-state index in [0.717, 1.165) is 0 Å². The van der Waals surface area contributed by atoms with Crippen LogP contribution in [0.4, 0.5) is 0 Å². The fourth-order valence-corrected chi connectivity index (χ4v) is 17.2. The van der Waals surface area contributed by atoms with E-state index in [2.05, 4.69) is 39.3 Å². The van der Waals surface area contributed by atoms with Crippen LogP contribution in [0.3, 0.4) is 0 Å². The molecule has 0 aliphatic carbocycles. The zero-order valence-electron chi connectivity index (χ0n) is 10.0. The first-order chi connectivity index (χ1) is 6.05. The molecular formula is C9H22O2SSi2. The fraction of sp³-hybridized carbons (Fsp3) is 0.889. The largest absolute Gasteiger partial charge is 0.481 e. The lowest BCUT2D eigenvalue weighted by Gasteiger charge is -2.37. The van der Waals surface area contributed by atoms with Crippen LogP contribution < -0.4 is 0 Å². The Bertz CT molecular complexity index is 192. The van der Waals surface area contributed by atoms with Crippen LogP contribution in [0.1, 0.15) is 0 Å². The van der Waals surface area contributed by atoms with Crippen molar-refractivity contribution in [1.29, 1.82) is 0 Å². The Morgan fingerprint density at radius 1 is 1.14 bits per heavy atom. The quantitative estimate of drug-likeness (QED) is 0.762. The molecule has 0 fully saturated rings. The van der Waals surface area contributed by atoms with Gasteiger partial charge in [0.05, 0.1) is 21.9 Å². The Morgan fingerprint density at radius 3 is 1.71 bits per heavy atom. The lowest BCUT2D eigenvalue weighted by Crippen LogP contribution is -2.52. The van der Waals surface area contributed by atoms with Gasteiger partial charge in [-0.05, 0) is 4.50 Å². The summed E-state index contributed by atoms with van der Waals surface area (Å²) in [6.45, 7) is 14.0. The summed E-state index contributed by atoms with van der Waals surface area (Å²) in [4.78, 5) is 10.6. The summed E-state index contributed by atoms with van der Waals surface area (Å²) in [6, 6.07) is 0. The van der Waals surface area contributed by atoms with Gasteiger partial charge in [-0.15, -0.1) is 0 Å². The standard InChI is InChI=1S/C9H22O2SSi2/c1-13(2,3)9(14(4,5)6)12-7-8(10)11/h9H,7H2,1-6H3,(H,10,11). The maximum absolute atomic E-state index is 10.6. The lowest BCUT2D eigenvalue weighted by atomic mass is 10.8. The van der Waals surface area contributed by atoms with Crippen molar-refractivity contribution in [2.24, 2.45) is 0 Å². The zero-order chi connectivity index (χ0) is 11.6. The summed E-state index contributed by atoms with van der Waals surface area (Å²) in [5.74, 6) is -0.421. The van der Waals surface area contributed by atoms with Crippen molar-refractivity contribution in [3.05, 3.63) is 0 Å². The second-order valence-corrected chi connectivity index (χ2v) is 18.9. The molecule has 0 rings (SSSR count). The van der Waals surface area contributed by atoms with E-state index in [4.69, 9.17) is 5.11 Å². The van der Waals surface area contributed by atoms with E-state index in [9.17, 15) is 4.79 Å². The minimum absolute atomic E-state index is 0.263. The molecule has 0 aliphatic heterocycles. The first-order valence-corrected chi connectivity index (χ1v) is 13.1. The Balaban J connectivity index is 4.51. The Labute approximate surface area is 93.5 Å². The molecule has 0 radical (unpaired) electrons. The highest BCUT2D eigenvalue weighted by atomic mass is 32.2. The monoisotopic (exact) mass is 250 g/mol. The van der Waals surface area contributed by atoms with Gasteiger partial charge in [0, 0.05) is 0 Å². The van der Waals surface area contributed by atoms with Gasteiger partial charge < -0.3 is 5.11 Å². The number of hydrogen-bond acceptors (Lipinski definition) is 2. The summed E-state index contributed by atoms with van der Waals surface area (Å²) < 4.78 is 0.631. The number of rotatable bonds is 5. The first kappa shape index (κ1) is 14.3. The maximum atomic E-state index is 10.6. The van der Waals surface area contributed by atoms with Crippen LogP contribution in [0, 0.1) is 0 Å². The van der Waals surface area contributed by atoms with Crippen LogP contribution in [0.2, 0.25) is 39.3 Å². The molecule has 14 heavy (non-hydrogen) atoms. The molecule has 0 bridgehead atoms. The second-order valence-electron chi connectivity index (χ2n) is 5.82. The third kappa shape index (κ3) is 5.21. The molecule has 0 aromatic rings. The van der Waals surface area contributed by atoms with E-state index in [0.29, 0.717) is 4.50 Å². The maximum Gasteiger partial charge on any atom is 0.313 e. The molecule has 0 aromatic heterocycles. The van der Waals surface area contributed by atoms with Gasteiger partial charge in [0.15, 0.2) is 0 Å². The van der Waals surface area contributed by atoms with E-state index >= 15 is 0 Å². The lowest BCUT2D eigenvalue weighted by molar-refractivity contribution is -0.133. The highest BCUT2D eigenvalue weighted by molar-refractivity contribution is 8.04. The minimum atomic E-state index is -1.23. The SMILES string of the molecule is C[Si](C)(C)C(SCC(=O)O)[Si](C)(C)C. The molecule has 5 heteroatoms. The number of thioether (sulfide) groups is 1. The summed E-state index contributed by atoms with van der Waals surface area (Å²) in [5, 5.41) is 8.70. The molecule has 84 valence electrons. The molecule has 0 aliphatic rings. The molecule has 2 nitrogen and oxygen atoms in total. The molecule has 0 saturated heterocycles. The molecule has 0 aromatic carbocycles. The number of aliphatic carboxylic acids is 1. The molecule has 0 heterocycles. The van der Waals surface area contributed by atoms with Gasteiger partial charge in [-0.3, -0.25) is 4.79 Å². The van der Waals surface area contributed by atoms with Crippen molar-refractivity contribution in [2.75, 3.05) is 5.75 Å². The van der Waals surface area contributed by atoms with Crippen molar-refractivity contribution in [3.63, 3.8) is 0 Å². The van der Waals surface area contributed by atoms with Crippen LogP contribution in [-0.2, 0) is 4.79 Å². The van der Waals surface area contributed by atoms with Gasteiger partial charge in [0.1, 0.15) is 0 Å². The van der Waals surface area contributed by atoms with Gasteiger partial charge in [-0.2, -0.15) is 11.8 Å². The molecule has 0 spiro atoms. The molecular weight excluding hydrogens is 228 g/mol. The van der Waals surface area contributed by atoms with E-state index in [1.165, 1.54) is 0 Å². The highest BCUT2D eigenvalue weighted by Crippen LogP contribution is 2.30. The summed E-state index contributed by atoms with van der Waals surface area (Å²) in [5.41, 5.74) is 0. The smallest absolute Gasteiger partial charge is 0.313 e. The summed E-state index contributed by atoms with van der Waals surface area (Å²) in [6.07, 6.45) is 0. The van der Waals surface area contributed by atoms with Crippen LogP contribution in [-0.4, -0.2) is 37.5 Å². The van der Waals surface area contributed by atoms with E-state index < -0.39 is 22.1 Å². The third-order valence-electron chi connectivity index (χ3n) is 1.95. The van der Waals surface area contributed by atoms with Crippen LogP contribution in [0.15, 0.2) is 0 Å². The van der Waals surface area contributed by atoms with Gasteiger partial charge in [-0.25, -0.2) is 0 Å². The third-order valence-corrected chi connectivity index (χ3v) is 16.3. The van der Waals surface area contributed by atoms with Crippen molar-refractivity contribution < 1.29 is 9.90 Å². The normalized spacial score (nSPS) is 13.4. The Kier molecular flexibility index (Phi) is 4.94. The van der Waals surface area contributed by atoms with Crippen molar-refractivity contribution >= 4 is 33.9 Å². The number of carboxylic acids is 1. The van der Waals surface area contributed by atoms with Crippen LogP contribution in [0.5, 0.6) is 0 Å². The molecule has 0 saturated carbocycles. The van der Waals surface area contributed by atoms with Gasteiger partial charge in [0.2, 0.25) is 0 Å². The van der Waals surface area contributed by atoms with Crippen molar-refractivity contribution in [3.8, 4) is 0 Å². The summed E-state index contributed by atoms with van der Waals surface area (Å²) in [7, 11) is -2.46. The number of carbonyl (C=O) groups is 1. The van der Waals surface area contributed by atoms with E-state index in [1.807, 2.05) is 0 Å². The molecule has 0 atom stereocenters. The van der Waals surface area contributed by atoms with Crippen molar-refractivity contribution in [2.45, 2.75) is 43.8 Å². The van der Waals surface area contributed by atoms with E-state index in [-0.39, 0.29) is 5.75 Å². The highest BCUT2D eigenvalue weighted by Gasteiger charge is 2.38. The minimum Gasteiger partial charge on any atom is -0.481 e. The predicted octanol–water partition coefficient (Wildman–Crippen LogP) is 2.93. The molecule has 1 N–H and O–H groups in total. The average molecular weight is 251 g/mol. The van der Waals surface area contributed by atoms with Gasteiger partial charge >= 0.3 is 5.97 Å². The molecule has 0 amide bonds. The second kappa shape index (κ2) is 4.85. The Morgan fingerprint density at radius 2 is 1.50 bits per heavy atom. The van der Waals surface area contributed by atoms with Gasteiger partial charge in [-0.1, -0.05) is 39.3 Å². The van der Waals surface area contributed by atoms with Crippen molar-refractivity contribution in [1.82, 2.24) is 0 Å². The van der Waals surface area contributed by atoms with E-state index in [1.54, 1.807) is 11.8 Å². The predicted molar refractivity (Wildman–Crippen MR) is 70.6 cm³/mol. The zero-order valence-corrected chi connectivity index (χ0v) is 12.9. The van der Waals surface area contributed by atoms with Crippen LogP contribution >= 0.6 is 11.8 Å². The van der Waals surface area contributed by atoms with Gasteiger partial charge in [0.25, 0.3) is 0 Å². The average Bonchev–Trinajstić information content (AvgIpc) is 1.78.